The van der Waals surface area contributed by atoms with Crippen molar-refractivity contribution in [2.75, 3.05) is 0 Å². The first kappa shape index (κ1) is 17.7. The molecule has 0 saturated heterocycles. The third-order valence-electron chi connectivity index (χ3n) is 4.15. The van der Waals surface area contributed by atoms with E-state index in [1.165, 1.54) is 12.1 Å². The molecule has 1 heterocycles. The van der Waals surface area contributed by atoms with Crippen molar-refractivity contribution in [3.05, 3.63) is 41.8 Å². The smallest absolute Gasteiger partial charge is 0.305 e. The Labute approximate surface area is 139 Å². The lowest BCUT2D eigenvalue weighted by atomic mass is 9.85. The van der Waals surface area contributed by atoms with E-state index in [0.717, 1.165) is 0 Å². The molecule has 2 rings (SSSR count). The predicted octanol–water partition coefficient (Wildman–Crippen LogP) is 2.84. The average molecular weight is 333 g/mol. The highest BCUT2D eigenvalue weighted by atomic mass is 19.1. The highest BCUT2D eigenvalue weighted by Gasteiger charge is 2.33. The van der Waals surface area contributed by atoms with Gasteiger partial charge in [-0.1, -0.05) is 13.8 Å². The summed E-state index contributed by atoms with van der Waals surface area (Å²) in [5.41, 5.74) is 0.504. The molecule has 3 N–H and O–H groups in total. The van der Waals surface area contributed by atoms with Crippen LogP contribution in [0.3, 0.4) is 0 Å². The molecule has 7 heteroatoms. The van der Waals surface area contributed by atoms with E-state index >= 15 is 0 Å². The second-order valence-electron chi connectivity index (χ2n) is 6.27. The van der Waals surface area contributed by atoms with Crippen molar-refractivity contribution in [1.29, 1.82) is 0 Å². The molecular weight excluding hydrogens is 313 g/mol. The van der Waals surface area contributed by atoms with Gasteiger partial charge < -0.3 is 10.4 Å². The number of halogens is 1. The lowest BCUT2D eigenvalue weighted by Gasteiger charge is -2.33. The van der Waals surface area contributed by atoms with Crippen molar-refractivity contribution >= 4 is 11.9 Å². The van der Waals surface area contributed by atoms with Gasteiger partial charge >= 0.3 is 5.97 Å². The van der Waals surface area contributed by atoms with E-state index in [0.29, 0.717) is 11.3 Å². The molecule has 2 aromatic rings. The van der Waals surface area contributed by atoms with Crippen LogP contribution >= 0.6 is 0 Å². The first-order valence-corrected chi connectivity index (χ1v) is 7.57. The Morgan fingerprint density at radius 1 is 1.33 bits per heavy atom. The zero-order chi connectivity index (χ0) is 17.9. The number of carboxylic acid groups (broad SMARTS) is 1. The summed E-state index contributed by atoms with van der Waals surface area (Å²) in [6.45, 7) is 5.39. The van der Waals surface area contributed by atoms with Gasteiger partial charge in [0.15, 0.2) is 0 Å². The minimum atomic E-state index is -0.983. The third-order valence-corrected chi connectivity index (χ3v) is 4.15. The number of hydrogen-bond acceptors (Lipinski definition) is 3. The number of carbonyl (C=O) groups is 2. The molecule has 1 atom stereocenters. The molecule has 128 valence electrons. The van der Waals surface area contributed by atoms with Gasteiger partial charge in [0.1, 0.15) is 11.5 Å². The van der Waals surface area contributed by atoms with Gasteiger partial charge in [-0.05, 0) is 43.2 Å². The van der Waals surface area contributed by atoms with Gasteiger partial charge in [0.05, 0.1) is 17.7 Å². The molecule has 1 aromatic carbocycles. The Bertz CT molecular complexity index is 740. The Morgan fingerprint density at radius 3 is 2.50 bits per heavy atom. The molecule has 0 aliphatic carbocycles. The largest absolute Gasteiger partial charge is 0.481 e. The molecule has 0 fully saturated rings. The summed E-state index contributed by atoms with van der Waals surface area (Å²) < 4.78 is 13.0. The molecule has 24 heavy (non-hydrogen) atoms. The molecule has 6 nitrogen and oxygen atoms in total. The van der Waals surface area contributed by atoms with E-state index in [-0.39, 0.29) is 23.8 Å². The van der Waals surface area contributed by atoms with Gasteiger partial charge in [0, 0.05) is 5.56 Å². The minimum absolute atomic E-state index is 0.0722. The summed E-state index contributed by atoms with van der Waals surface area (Å²) in [7, 11) is 0. The predicted molar refractivity (Wildman–Crippen MR) is 86.9 cm³/mol. The fourth-order valence-electron chi connectivity index (χ4n) is 2.24. The number of benzene rings is 1. The van der Waals surface area contributed by atoms with E-state index in [2.05, 4.69) is 15.5 Å². The molecule has 1 amide bonds. The van der Waals surface area contributed by atoms with E-state index in [1.807, 2.05) is 13.8 Å². The second kappa shape index (κ2) is 6.82. The van der Waals surface area contributed by atoms with Crippen LogP contribution in [0.1, 0.15) is 37.7 Å². The first-order chi connectivity index (χ1) is 11.2. The summed E-state index contributed by atoms with van der Waals surface area (Å²) in [6.07, 6.45) is -0.185. The molecule has 0 spiro atoms. The van der Waals surface area contributed by atoms with Crippen molar-refractivity contribution in [2.24, 2.45) is 5.92 Å². The van der Waals surface area contributed by atoms with Crippen LogP contribution in [0.4, 0.5) is 4.39 Å². The van der Waals surface area contributed by atoms with Crippen molar-refractivity contribution in [1.82, 2.24) is 15.5 Å². The van der Waals surface area contributed by atoms with Gasteiger partial charge in [0.25, 0.3) is 5.91 Å². The van der Waals surface area contributed by atoms with Gasteiger partial charge in [-0.2, -0.15) is 5.10 Å². The van der Waals surface area contributed by atoms with Gasteiger partial charge in [-0.3, -0.25) is 14.7 Å². The van der Waals surface area contributed by atoms with Crippen molar-refractivity contribution in [3.8, 4) is 11.3 Å². The summed E-state index contributed by atoms with van der Waals surface area (Å²) in [5.74, 6) is -1.85. The number of carbonyl (C=O) groups excluding carboxylic acids is 1. The summed E-state index contributed by atoms with van der Waals surface area (Å²) >= 11 is 0. The Kier molecular flexibility index (Phi) is 5.02. The lowest BCUT2D eigenvalue weighted by Crippen LogP contribution is -2.51. The summed E-state index contributed by atoms with van der Waals surface area (Å²) in [5, 5.41) is 18.5. The molecule has 0 saturated carbocycles. The number of nitrogens with one attached hydrogen (secondary N) is 2. The highest BCUT2D eigenvalue weighted by molar-refractivity contribution is 5.94. The second-order valence-corrected chi connectivity index (χ2v) is 6.27. The zero-order valence-corrected chi connectivity index (χ0v) is 13.8. The number of carboxylic acids is 1. The molecule has 0 aliphatic rings. The maximum absolute atomic E-state index is 13.0. The minimum Gasteiger partial charge on any atom is -0.481 e. The van der Waals surface area contributed by atoms with Crippen molar-refractivity contribution in [2.45, 2.75) is 32.7 Å². The molecule has 0 radical (unpaired) electrons. The van der Waals surface area contributed by atoms with Crippen molar-refractivity contribution in [3.63, 3.8) is 0 Å². The van der Waals surface area contributed by atoms with Crippen LogP contribution in [0.25, 0.3) is 11.3 Å². The molecule has 1 unspecified atom stereocenters. The van der Waals surface area contributed by atoms with Crippen LogP contribution in [0.5, 0.6) is 0 Å². The number of H-pyrrole nitrogens is 1. The Morgan fingerprint density at radius 2 is 1.96 bits per heavy atom. The van der Waals surface area contributed by atoms with Crippen molar-refractivity contribution < 1.29 is 19.1 Å². The van der Waals surface area contributed by atoms with Crippen LogP contribution in [0, 0.1) is 11.7 Å². The molecule has 1 aromatic heterocycles. The van der Waals surface area contributed by atoms with Crippen LogP contribution in [-0.4, -0.2) is 32.7 Å². The highest BCUT2D eigenvalue weighted by Crippen LogP contribution is 2.22. The number of aliphatic carboxylic acids is 1. The van der Waals surface area contributed by atoms with Gasteiger partial charge in [-0.15, -0.1) is 0 Å². The maximum Gasteiger partial charge on any atom is 0.305 e. The normalized spacial score (nSPS) is 13.5. The zero-order valence-electron chi connectivity index (χ0n) is 13.8. The third kappa shape index (κ3) is 3.98. The number of aromatic nitrogens is 2. The van der Waals surface area contributed by atoms with Crippen LogP contribution in [0.15, 0.2) is 30.3 Å². The van der Waals surface area contributed by atoms with Crippen LogP contribution < -0.4 is 5.32 Å². The number of rotatable bonds is 6. The first-order valence-electron chi connectivity index (χ1n) is 7.57. The van der Waals surface area contributed by atoms with Crippen LogP contribution in [-0.2, 0) is 4.79 Å². The number of amides is 1. The Balaban J connectivity index is 2.18. The lowest BCUT2D eigenvalue weighted by molar-refractivity contribution is -0.138. The number of nitrogens with zero attached hydrogens (tertiary/aromatic N) is 1. The quantitative estimate of drug-likeness (QED) is 0.757. The molecular formula is C17H20FN3O3. The Hall–Kier alpha value is -2.70. The van der Waals surface area contributed by atoms with E-state index in [9.17, 15) is 14.0 Å². The van der Waals surface area contributed by atoms with E-state index < -0.39 is 17.4 Å². The topological polar surface area (TPSA) is 95.1 Å². The number of aromatic amines is 1. The van der Waals surface area contributed by atoms with Gasteiger partial charge in [0.2, 0.25) is 0 Å². The summed E-state index contributed by atoms with van der Waals surface area (Å²) in [6, 6.07) is 7.30. The fourth-order valence-corrected chi connectivity index (χ4v) is 2.24. The fraction of sp³-hybridized carbons (Fsp3) is 0.353. The molecule has 0 bridgehead atoms. The van der Waals surface area contributed by atoms with Crippen LogP contribution in [0.2, 0.25) is 0 Å². The van der Waals surface area contributed by atoms with E-state index in [1.54, 1.807) is 25.1 Å². The maximum atomic E-state index is 13.0. The monoisotopic (exact) mass is 333 g/mol. The summed E-state index contributed by atoms with van der Waals surface area (Å²) in [4.78, 5) is 23.5. The standard InChI is InChI=1S/C17H20FN3O3/c1-10(2)17(3,9-15(22)23)19-16(24)14-8-13(20-21-14)11-4-6-12(18)7-5-11/h4-8,10H,9H2,1-3H3,(H,19,24)(H,20,21)(H,22,23). The van der Waals surface area contributed by atoms with Gasteiger partial charge in [-0.25, -0.2) is 4.39 Å². The SMILES string of the molecule is CC(C)C(C)(CC(=O)O)NC(=O)c1cc(-c2ccc(F)cc2)n[nH]1. The van der Waals surface area contributed by atoms with E-state index in [4.69, 9.17) is 5.11 Å². The number of hydrogen-bond donors (Lipinski definition) is 3. The average Bonchev–Trinajstić information content (AvgIpc) is 2.96. The molecule has 0 aliphatic heterocycles.